The standard InChI is InChI=1S/C26H43NO6.C15H21N3O/c1-14(4-7-22(31)27-13-23(32)33)17-5-6-18-24-19(12-21(30)26(17,18)3)25(2)9-8-16(28)10-15(25)11-20(24)29;1-11(5-3-7-16)18-14-10-13(19-2)9-12-6-4-8-17-15(12)14/h14-21,24,28-30H,4-13H2,1-3H3,(H,27,31)(H,32,33);4,6,8-11,18H,3,5,7,16H2,1-2H3/t14-,15+,16-,17-,18+,19+,20-,21+,24+,25+,26-;/m1./s1. The first-order valence-corrected chi connectivity index (χ1v) is 19.6. The monoisotopic (exact) mass is 724 g/mol. The molecule has 4 aliphatic rings. The number of carbonyl (C=O) groups excluding carboxylic acids is 1. The fraction of sp³-hybridized carbons (Fsp3) is 0.732. The number of pyridine rings is 1. The van der Waals surface area contributed by atoms with Crippen molar-refractivity contribution >= 4 is 28.5 Å². The first kappa shape index (κ1) is 40.2. The summed E-state index contributed by atoms with van der Waals surface area (Å²) in [4.78, 5) is 27.2. The van der Waals surface area contributed by atoms with Crippen molar-refractivity contribution < 1.29 is 34.8 Å². The number of nitrogens with two attached hydrogens (primary N) is 1. The number of hydrogen-bond donors (Lipinski definition) is 7. The van der Waals surface area contributed by atoms with E-state index in [1.165, 1.54) is 0 Å². The molecule has 1 amide bonds. The van der Waals surface area contributed by atoms with Crippen LogP contribution in [0.4, 0.5) is 5.69 Å². The van der Waals surface area contributed by atoms with E-state index in [9.17, 15) is 24.9 Å². The lowest BCUT2D eigenvalue weighted by atomic mass is 9.43. The number of ether oxygens (including phenoxy) is 1. The zero-order chi connectivity index (χ0) is 37.8. The maximum Gasteiger partial charge on any atom is 0.322 e. The van der Waals surface area contributed by atoms with Gasteiger partial charge in [-0.25, -0.2) is 0 Å². The van der Waals surface area contributed by atoms with Gasteiger partial charge in [0.25, 0.3) is 0 Å². The van der Waals surface area contributed by atoms with Gasteiger partial charge in [0.1, 0.15) is 12.3 Å². The number of carbonyl (C=O) groups is 2. The van der Waals surface area contributed by atoms with E-state index in [4.69, 9.17) is 15.6 Å². The Morgan fingerprint density at radius 3 is 2.54 bits per heavy atom. The number of benzene rings is 1. The zero-order valence-electron chi connectivity index (χ0n) is 31.9. The zero-order valence-corrected chi connectivity index (χ0v) is 31.9. The Balaban J connectivity index is 0.000000233. The predicted molar refractivity (Wildman–Crippen MR) is 203 cm³/mol. The number of amides is 1. The van der Waals surface area contributed by atoms with Crippen LogP contribution in [0.1, 0.15) is 98.3 Å². The fourth-order valence-electron chi connectivity index (χ4n) is 11.1. The van der Waals surface area contributed by atoms with Crippen LogP contribution in [0.2, 0.25) is 0 Å². The second-order valence-electron chi connectivity index (χ2n) is 16.9. The number of carboxylic acid groups (broad SMARTS) is 1. The van der Waals surface area contributed by atoms with Crippen molar-refractivity contribution in [1.29, 1.82) is 0 Å². The lowest BCUT2D eigenvalue weighted by Gasteiger charge is -2.63. The van der Waals surface area contributed by atoms with Gasteiger partial charge in [0.2, 0.25) is 5.91 Å². The van der Waals surface area contributed by atoms with E-state index in [2.05, 4.69) is 43.3 Å². The van der Waals surface area contributed by atoms with E-state index >= 15 is 0 Å². The Kier molecular flexibility index (Phi) is 13.1. The van der Waals surface area contributed by atoms with E-state index < -0.39 is 12.1 Å². The summed E-state index contributed by atoms with van der Waals surface area (Å²) >= 11 is 0. The molecule has 1 aromatic carbocycles. The predicted octanol–water partition coefficient (Wildman–Crippen LogP) is 5.35. The Morgan fingerprint density at radius 2 is 1.83 bits per heavy atom. The number of aliphatic hydroxyl groups is 3. The van der Waals surface area contributed by atoms with Gasteiger partial charge in [0.15, 0.2) is 0 Å². The fourth-order valence-corrected chi connectivity index (χ4v) is 11.1. The number of methoxy groups -OCH3 is 1. The number of anilines is 1. The lowest BCUT2D eigenvalue weighted by Crippen LogP contribution is -2.62. The molecule has 11 heteroatoms. The molecule has 1 aromatic heterocycles. The smallest absolute Gasteiger partial charge is 0.322 e. The summed E-state index contributed by atoms with van der Waals surface area (Å²) in [5, 5.41) is 48.9. The van der Waals surface area contributed by atoms with Crippen molar-refractivity contribution in [3.8, 4) is 5.75 Å². The highest BCUT2D eigenvalue weighted by Crippen LogP contribution is 2.68. The molecular weight excluding hydrogens is 660 g/mol. The highest BCUT2D eigenvalue weighted by Gasteiger charge is 2.65. The number of nitrogens with one attached hydrogen (secondary N) is 2. The number of nitrogens with zero attached hydrogens (tertiary/aromatic N) is 1. The van der Waals surface area contributed by atoms with E-state index in [1.807, 2.05) is 30.5 Å². The van der Waals surface area contributed by atoms with Crippen molar-refractivity contribution in [3.05, 3.63) is 30.5 Å². The molecule has 4 fully saturated rings. The maximum absolute atomic E-state index is 12.0. The van der Waals surface area contributed by atoms with Crippen LogP contribution < -0.4 is 21.1 Å². The van der Waals surface area contributed by atoms with Crippen molar-refractivity contribution in [2.45, 2.75) is 123 Å². The van der Waals surface area contributed by atoms with Crippen LogP contribution in [0.25, 0.3) is 10.9 Å². The average molecular weight is 725 g/mol. The van der Waals surface area contributed by atoms with Gasteiger partial charge in [-0.05, 0) is 136 Å². The first-order valence-electron chi connectivity index (χ1n) is 19.6. The molecule has 0 aliphatic heterocycles. The Morgan fingerprint density at radius 1 is 1.06 bits per heavy atom. The normalized spacial score (nSPS) is 34.8. The highest BCUT2D eigenvalue weighted by molar-refractivity contribution is 5.92. The number of aromatic nitrogens is 1. The SMILES string of the molecule is COc1cc(NC(C)CCCN)c2ncccc2c1.C[C@H](CCC(=O)NCC(=O)O)[C@H]1CC[C@H]2[C@@H]3[C@H](O)C[C@@H]4C[C@H](O)CC[C@]4(C)[C@H]3C[C@H](O)[C@]12C. The summed E-state index contributed by atoms with van der Waals surface area (Å²) in [6, 6.07) is 8.33. The Bertz CT molecular complexity index is 1530. The third-order valence-electron chi connectivity index (χ3n) is 13.9. The van der Waals surface area contributed by atoms with Crippen LogP contribution in [0, 0.1) is 46.3 Å². The molecule has 8 N–H and O–H groups in total. The lowest BCUT2D eigenvalue weighted by molar-refractivity contribution is -0.207. The number of carboxylic acids is 1. The minimum absolute atomic E-state index is 0.0668. The van der Waals surface area contributed by atoms with Crippen LogP contribution in [-0.4, -0.2) is 81.8 Å². The van der Waals surface area contributed by atoms with E-state index in [1.54, 1.807) is 7.11 Å². The highest BCUT2D eigenvalue weighted by atomic mass is 16.5. The van der Waals surface area contributed by atoms with Gasteiger partial charge in [0, 0.05) is 30.1 Å². The summed E-state index contributed by atoms with van der Waals surface area (Å²) in [7, 11) is 1.68. The van der Waals surface area contributed by atoms with Crippen LogP contribution in [-0.2, 0) is 9.59 Å². The second-order valence-corrected chi connectivity index (χ2v) is 16.9. The summed E-state index contributed by atoms with van der Waals surface area (Å²) in [6.07, 6.45) is 9.73. The molecule has 1 heterocycles. The van der Waals surface area contributed by atoms with Gasteiger partial charge in [-0.2, -0.15) is 0 Å². The number of rotatable bonds is 12. The van der Waals surface area contributed by atoms with Crippen LogP contribution in [0.5, 0.6) is 5.75 Å². The Hall–Kier alpha value is -2.99. The summed E-state index contributed by atoms with van der Waals surface area (Å²) < 4.78 is 5.34. The molecule has 290 valence electrons. The molecule has 1 unspecified atom stereocenters. The van der Waals surface area contributed by atoms with Gasteiger partial charge >= 0.3 is 5.97 Å². The average Bonchev–Trinajstić information content (AvgIpc) is 3.48. The molecule has 12 atom stereocenters. The second kappa shape index (κ2) is 17.0. The number of aliphatic hydroxyl groups excluding tert-OH is 3. The minimum Gasteiger partial charge on any atom is -0.497 e. The molecule has 4 saturated carbocycles. The largest absolute Gasteiger partial charge is 0.497 e. The molecule has 0 saturated heterocycles. The molecule has 52 heavy (non-hydrogen) atoms. The van der Waals surface area contributed by atoms with Crippen molar-refractivity contribution in [3.63, 3.8) is 0 Å². The van der Waals surface area contributed by atoms with Crippen molar-refractivity contribution in [2.24, 2.45) is 52.1 Å². The first-order chi connectivity index (χ1) is 24.7. The number of fused-ring (bicyclic) bond motifs is 6. The van der Waals surface area contributed by atoms with Gasteiger partial charge in [0.05, 0.1) is 36.6 Å². The number of hydrogen-bond acceptors (Lipinski definition) is 9. The van der Waals surface area contributed by atoms with Crippen molar-refractivity contribution in [1.82, 2.24) is 10.3 Å². The van der Waals surface area contributed by atoms with Crippen molar-refractivity contribution in [2.75, 3.05) is 25.5 Å². The molecule has 2 aromatic rings. The van der Waals surface area contributed by atoms with E-state index in [0.29, 0.717) is 31.2 Å². The van der Waals surface area contributed by atoms with Crippen LogP contribution >= 0.6 is 0 Å². The summed E-state index contributed by atoms with van der Waals surface area (Å²) in [5.41, 5.74) is 7.32. The molecule has 11 nitrogen and oxygen atoms in total. The third-order valence-corrected chi connectivity index (χ3v) is 13.9. The topological polar surface area (TPSA) is 187 Å². The maximum atomic E-state index is 12.0. The Labute approximate surface area is 309 Å². The minimum atomic E-state index is -1.04. The molecule has 6 rings (SSSR count). The number of aliphatic carboxylic acids is 1. The van der Waals surface area contributed by atoms with Gasteiger partial charge in [-0.15, -0.1) is 0 Å². The quantitative estimate of drug-likeness (QED) is 0.151. The van der Waals surface area contributed by atoms with Gasteiger partial charge in [-0.1, -0.05) is 26.8 Å². The molecule has 0 bridgehead atoms. The van der Waals surface area contributed by atoms with Gasteiger partial charge < -0.3 is 41.5 Å². The molecular formula is C41H64N4O7. The van der Waals surface area contributed by atoms with Gasteiger partial charge in [-0.3, -0.25) is 14.6 Å². The van der Waals surface area contributed by atoms with Crippen LogP contribution in [0.3, 0.4) is 0 Å². The summed E-state index contributed by atoms with van der Waals surface area (Å²) in [6.45, 7) is 9.23. The summed E-state index contributed by atoms with van der Waals surface area (Å²) in [5.74, 6) is 1.11. The molecule has 0 radical (unpaired) electrons. The molecule has 4 aliphatic carbocycles. The van der Waals surface area contributed by atoms with E-state index in [0.717, 1.165) is 80.3 Å². The van der Waals surface area contributed by atoms with Crippen LogP contribution in [0.15, 0.2) is 30.5 Å². The third kappa shape index (κ3) is 8.37. The molecule has 0 spiro atoms. The van der Waals surface area contributed by atoms with E-state index in [-0.39, 0.29) is 65.1 Å².